The number of imide groups is 1. The summed E-state index contributed by atoms with van der Waals surface area (Å²) >= 11 is 5.69. The Morgan fingerprint density at radius 1 is 1.45 bits per heavy atom. The maximum absolute atomic E-state index is 11.9. The molecule has 1 N–H and O–H groups in total. The molecule has 1 saturated heterocycles. The van der Waals surface area contributed by atoms with Crippen molar-refractivity contribution in [2.24, 2.45) is 0 Å². The number of hydrogen-bond donors (Lipinski definition) is 1. The molecule has 0 radical (unpaired) electrons. The van der Waals surface area contributed by atoms with E-state index in [1.807, 2.05) is 0 Å². The van der Waals surface area contributed by atoms with Gasteiger partial charge in [-0.05, 0) is 12.1 Å². The van der Waals surface area contributed by atoms with Crippen LogP contribution in [0, 0.1) is 10.1 Å². The number of benzene rings is 1. The van der Waals surface area contributed by atoms with Crippen LogP contribution in [0.25, 0.3) is 0 Å². The first-order valence-electron chi connectivity index (χ1n) is 6.09. The number of nitrogens with one attached hydrogen (secondary N) is 1. The minimum absolute atomic E-state index is 0.114. The lowest BCUT2D eigenvalue weighted by atomic mass is 10.2. The predicted molar refractivity (Wildman–Crippen MR) is 73.5 cm³/mol. The number of nitro benzene ring substituents is 1. The van der Waals surface area contributed by atoms with Crippen molar-refractivity contribution in [2.75, 3.05) is 19.7 Å². The van der Waals surface area contributed by atoms with Crippen molar-refractivity contribution in [3.05, 3.63) is 38.9 Å². The largest absolute Gasteiger partial charge is 0.452 e. The van der Waals surface area contributed by atoms with Gasteiger partial charge in [0, 0.05) is 24.2 Å². The second-order valence-electron chi connectivity index (χ2n) is 4.27. The number of urea groups is 1. The maximum atomic E-state index is 11.9. The van der Waals surface area contributed by atoms with Crippen LogP contribution in [-0.4, -0.2) is 47.4 Å². The number of carbonyl (C=O) groups is 3. The summed E-state index contributed by atoms with van der Waals surface area (Å²) in [5.74, 6) is -1.78. The van der Waals surface area contributed by atoms with E-state index in [4.69, 9.17) is 16.3 Å². The zero-order valence-electron chi connectivity index (χ0n) is 11.1. The van der Waals surface area contributed by atoms with Gasteiger partial charge in [-0.15, -0.1) is 0 Å². The molecule has 0 unspecified atom stereocenters. The van der Waals surface area contributed by atoms with Crippen molar-refractivity contribution in [3.8, 4) is 0 Å². The van der Waals surface area contributed by atoms with Crippen molar-refractivity contribution in [2.45, 2.75) is 0 Å². The molecule has 2 rings (SSSR count). The Balaban J connectivity index is 2.06. The van der Waals surface area contributed by atoms with E-state index in [2.05, 4.69) is 5.32 Å². The molecule has 1 aliphatic heterocycles. The van der Waals surface area contributed by atoms with Gasteiger partial charge in [0.05, 0.1) is 4.92 Å². The molecular weight excluding hydrogens is 318 g/mol. The number of rotatable bonds is 4. The summed E-state index contributed by atoms with van der Waals surface area (Å²) in [7, 11) is 0. The van der Waals surface area contributed by atoms with Crippen LogP contribution in [0.2, 0.25) is 5.02 Å². The Morgan fingerprint density at radius 3 is 2.77 bits per heavy atom. The van der Waals surface area contributed by atoms with Gasteiger partial charge in [0.15, 0.2) is 6.61 Å². The van der Waals surface area contributed by atoms with Crippen LogP contribution in [0.1, 0.15) is 10.4 Å². The van der Waals surface area contributed by atoms with E-state index >= 15 is 0 Å². The van der Waals surface area contributed by atoms with E-state index in [-0.39, 0.29) is 17.1 Å². The number of carbonyl (C=O) groups excluding carboxylic acids is 3. The third-order valence-electron chi connectivity index (χ3n) is 2.86. The van der Waals surface area contributed by atoms with E-state index < -0.39 is 35.1 Å². The number of nitro groups is 1. The molecule has 0 bridgehead atoms. The number of amides is 3. The number of esters is 1. The summed E-state index contributed by atoms with van der Waals surface area (Å²) in [6.45, 7) is -0.208. The Labute approximate surface area is 128 Å². The van der Waals surface area contributed by atoms with Crippen LogP contribution in [0.15, 0.2) is 18.2 Å². The Hall–Kier alpha value is -2.68. The highest BCUT2D eigenvalue weighted by Crippen LogP contribution is 2.23. The predicted octanol–water partition coefficient (Wildman–Crippen LogP) is 0.957. The van der Waals surface area contributed by atoms with Gasteiger partial charge in [0.2, 0.25) is 0 Å². The van der Waals surface area contributed by atoms with Gasteiger partial charge in [0.25, 0.3) is 11.6 Å². The summed E-state index contributed by atoms with van der Waals surface area (Å²) in [5, 5.41) is 13.4. The van der Waals surface area contributed by atoms with Gasteiger partial charge in [-0.25, -0.2) is 9.59 Å². The fourth-order valence-corrected chi connectivity index (χ4v) is 2.00. The number of nitrogens with zero attached hydrogens (tertiary/aromatic N) is 2. The molecule has 1 heterocycles. The molecule has 0 saturated carbocycles. The van der Waals surface area contributed by atoms with Crippen molar-refractivity contribution in [1.29, 1.82) is 0 Å². The van der Waals surface area contributed by atoms with Crippen molar-refractivity contribution in [1.82, 2.24) is 10.2 Å². The van der Waals surface area contributed by atoms with Crippen molar-refractivity contribution in [3.63, 3.8) is 0 Å². The smallest absolute Gasteiger partial charge is 0.345 e. The Morgan fingerprint density at radius 2 is 2.18 bits per heavy atom. The molecule has 0 aliphatic carbocycles. The number of hydrogen-bond acceptors (Lipinski definition) is 6. The molecule has 0 atom stereocenters. The molecule has 3 amide bonds. The Bertz CT molecular complexity index is 662. The van der Waals surface area contributed by atoms with Gasteiger partial charge in [-0.1, -0.05) is 11.6 Å². The fourth-order valence-electron chi connectivity index (χ4n) is 1.82. The van der Waals surface area contributed by atoms with Gasteiger partial charge in [-0.2, -0.15) is 0 Å². The molecule has 22 heavy (non-hydrogen) atoms. The van der Waals surface area contributed by atoms with Gasteiger partial charge in [0.1, 0.15) is 5.56 Å². The second kappa shape index (κ2) is 6.39. The summed E-state index contributed by atoms with van der Waals surface area (Å²) in [5.41, 5.74) is -0.850. The van der Waals surface area contributed by atoms with Gasteiger partial charge < -0.3 is 10.1 Å². The average Bonchev–Trinajstić information content (AvgIpc) is 2.90. The standard InChI is InChI=1S/C12H10ClN3O6/c13-7-1-2-9(16(20)21)8(5-7)11(18)22-6-10(17)15-4-3-14-12(15)19/h1-2,5H,3-4,6H2,(H,14,19). The van der Waals surface area contributed by atoms with E-state index in [1.54, 1.807) is 0 Å². The summed E-state index contributed by atoms with van der Waals surface area (Å²) in [6, 6.07) is 2.83. The summed E-state index contributed by atoms with van der Waals surface area (Å²) < 4.78 is 4.72. The first kappa shape index (κ1) is 15.7. The van der Waals surface area contributed by atoms with E-state index in [0.717, 1.165) is 17.0 Å². The molecule has 0 spiro atoms. The first-order valence-corrected chi connectivity index (χ1v) is 6.47. The number of halogens is 1. The lowest BCUT2D eigenvalue weighted by molar-refractivity contribution is -0.385. The summed E-state index contributed by atoms with van der Waals surface area (Å²) in [4.78, 5) is 45.8. The van der Waals surface area contributed by atoms with Crippen molar-refractivity contribution < 1.29 is 24.0 Å². The van der Waals surface area contributed by atoms with Crippen LogP contribution in [0.3, 0.4) is 0 Å². The van der Waals surface area contributed by atoms with Crippen LogP contribution < -0.4 is 5.32 Å². The van der Waals surface area contributed by atoms with E-state index in [9.17, 15) is 24.5 Å². The molecule has 10 heteroatoms. The normalized spacial score (nSPS) is 13.7. The molecule has 1 fully saturated rings. The van der Waals surface area contributed by atoms with Crippen LogP contribution >= 0.6 is 11.6 Å². The molecule has 1 aromatic carbocycles. The van der Waals surface area contributed by atoms with Crippen LogP contribution in [0.4, 0.5) is 10.5 Å². The topological polar surface area (TPSA) is 119 Å². The first-order chi connectivity index (χ1) is 10.4. The third-order valence-corrected chi connectivity index (χ3v) is 3.09. The SMILES string of the molecule is O=C(OCC(=O)N1CCNC1=O)c1cc(Cl)ccc1[N+](=O)[O-]. The fraction of sp³-hybridized carbons (Fsp3) is 0.250. The van der Waals surface area contributed by atoms with E-state index in [1.165, 1.54) is 6.07 Å². The highest BCUT2D eigenvalue weighted by atomic mass is 35.5. The molecule has 9 nitrogen and oxygen atoms in total. The van der Waals surface area contributed by atoms with Crippen molar-refractivity contribution >= 4 is 35.2 Å². The minimum atomic E-state index is -1.07. The lowest BCUT2D eigenvalue weighted by Crippen LogP contribution is -2.37. The zero-order valence-corrected chi connectivity index (χ0v) is 11.8. The zero-order chi connectivity index (χ0) is 16.3. The third kappa shape index (κ3) is 3.31. The molecular formula is C12H10ClN3O6. The van der Waals surface area contributed by atoms with Gasteiger partial charge in [-0.3, -0.25) is 19.8 Å². The quantitative estimate of drug-likeness (QED) is 0.499. The van der Waals surface area contributed by atoms with Crippen LogP contribution in [0.5, 0.6) is 0 Å². The second-order valence-corrected chi connectivity index (χ2v) is 4.71. The lowest BCUT2D eigenvalue weighted by Gasteiger charge is -2.12. The monoisotopic (exact) mass is 327 g/mol. The highest BCUT2D eigenvalue weighted by molar-refractivity contribution is 6.31. The van der Waals surface area contributed by atoms with Gasteiger partial charge >= 0.3 is 12.0 Å². The average molecular weight is 328 g/mol. The molecule has 116 valence electrons. The molecule has 0 aromatic heterocycles. The number of ether oxygens (including phenoxy) is 1. The Kier molecular flexibility index (Phi) is 4.56. The maximum Gasteiger partial charge on any atom is 0.345 e. The molecule has 1 aliphatic rings. The van der Waals surface area contributed by atoms with Crippen LogP contribution in [-0.2, 0) is 9.53 Å². The summed E-state index contributed by atoms with van der Waals surface area (Å²) in [6.07, 6.45) is 0. The molecule has 1 aromatic rings. The van der Waals surface area contributed by atoms with E-state index in [0.29, 0.717) is 6.54 Å². The highest BCUT2D eigenvalue weighted by Gasteiger charge is 2.28. The minimum Gasteiger partial charge on any atom is -0.452 e.